The Balaban J connectivity index is 0.00000220. The van der Waals surface area contributed by atoms with Crippen LogP contribution in [0.3, 0.4) is 0 Å². The van der Waals surface area contributed by atoms with Gasteiger partial charge in [0, 0.05) is 24.3 Å². The van der Waals surface area contributed by atoms with E-state index in [1.807, 2.05) is 26.0 Å². The molecule has 1 amide bonds. The normalized spacial score (nSPS) is 9.59. The van der Waals surface area contributed by atoms with Crippen molar-refractivity contribution in [1.29, 1.82) is 0 Å². The molecule has 7 heteroatoms. The lowest BCUT2D eigenvalue weighted by atomic mass is 10.1. The number of benzene rings is 1. The molecule has 0 aliphatic carbocycles. The second-order valence-electron chi connectivity index (χ2n) is 4.82. The molecule has 5 nitrogen and oxygen atoms in total. The lowest BCUT2D eigenvalue weighted by molar-refractivity contribution is 0.0954. The number of rotatable bonds is 5. The maximum absolute atomic E-state index is 12.0. The van der Waals surface area contributed by atoms with E-state index < -0.39 is 0 Å². The summed E-state index contributed by atoms with van der Waals surface area (Å²) in [6.45, 7) is 5.04. The van der Waals surface area contributed by atoms with E-state index in [4.69, 9.17) is 5.73 Å². The molecule has 0 saturated carbocycles. The van der Waals surface area contributed by atoms with Crippen molar-refractivity contribution in [2.75, 3.05) is 6.54 Å². The zero-order valence-electron chi connectivity index (χ0n) is 12.7. The number of carbonyl (C=O) groups is 1. The van der Waals surface area contributed by atoms with E-state index in [0.29, 0.717) is 18.7 Å². The van der Waals surface area contributed by atoms with E-state index >= 15 is 0 Å². The SMILES string of the molecule is Cc1n[nH]c(C)c1CCNC(=O)c1ccc(CN)cc1.Cl.Cl. The highest BCUT2D eigenvalue weighted by Crippen LogP contribution is 2.09. The van der Waals surface area contributed by atoms with Gasteiger partial charge < -0.3 is 11.1 Å². The number of H-pyrrole nitrogens is 1. The zero-order chi connectivity index (χ0) is 14.5. The van der Waals surface area contributed by atoms with Crippen LogP contribution in [0.4, 0.5) is 0 Å². The molecule has 0 atom stereocenters. The predicted molar refractivity (Wildman–Crippen MR) is 92.9 cm³/mol. The Kier molecular flexibility index (Phi) is 8.79. The largest absolute Gasteiger partial charge is 0.352 e. The summed E-state index contributed by atoms with van der Waals surface area (Å²) in [5, 5.41) is 10.0. The second kappa shape index (κ2) is 9.46. The molecule has 1 aromatic carbocycles. The molecule has 0 saturated heterocycles. The van der Waals surface area contributed by atoms with Gasteiger partial charge in [-0.15, -0.1) is 24.8 Å². The van der Waals surface area contributed by atoms with E-state index in [2.05, 4.69) is 15.5 Å². The van der Waals surface area contributed by atoms with E-state index in [1.54, 1.807) is 12.1 Å². The van der Waals surface area contributed by atoms with Crippen LogP contribution in [0.2, 0.25) is 0 Å². The average molecular weight is 345 g/mol. The molecule has 0 spiro atoms. The zero-order valence-corrected chi connectivity index (χ0v) is 14.3. The fraction of sp³-hybridized carbons (Fsp3) is 0.333. The lowest BCUT2D eigenvalue weighted by Crippen LogP contribution is -2.25. The van der Waals surface area contributed by atoms with Crippen LogP contribution < -0.4 is 11.1 Å². The summed E-state index contributed by atoms with van der Waals surface area (Å²) in [5.41, 5.74) is 10.4. The van der Waals surface area contributed by atoms with Crippen molar-refractivity contribution in [2.45, 2.75) is 26.8 Å². The van der Waals surface area contributed by atoms with Crippen molar-refractivity contribution in [3.05, 3.63) is 52.3 Å². The first-order chi connectivity index (χ1) is 9.61. The van der Waals surface area contributed by atoms with Gasteiger partial charge in [0.05, 0.1) is 5.69 Å². The number of nitrogens with one attached hydrogen (secondary N) is 2. The quantitative estimate of drug-likeness (QED) is 0.777. The van der Waals surface area contributed by atoms with E-state index in [9.17, 15) is 4.79 Å². The summed E-state index contributed by atoms with van der Waals surface area (Å²) in [7, 11) is 0. The molecule has 2 rings (SSSR count). The van der Waals surface area contributed by atoms with Crippen LogP contribution in [-0.2, 0) is 13.0 Å². The molecule has 1 heterocycles. The number of aromatic amines is 1. The smallest absolute Gasteiger partial charge is 0.251 e. The number of aromatic nitrogens is 2. The Labute approximate surface area is 142 Å². The van der Waals surface area contributed by atoms with Gasteiger partial charge >= 0.3 is 0 Å². The van der Waals surface area contributed by atoms with Gasteiger partial charge in [-0.2, -0.15) is 5.10 Å². The van der Waals surface area contributed by atoms with Crippen LogP contribution in [0.15, 0.2) is 24.3 Å². The summed E-state index contributed by atoms with van der Waals surface area (Å²) >= 11 is 0. The minimum Gasteiger partial charge on any atom is -0.352 e. The summed E-state index contributed by atoms with van der Waals surface area (Å²) in [6.07, 6.45) is 0.779. The van der Waals surface area contributed by atoms with Crippen LogP contribution in [0.25, 0.3) is 0 Å². The summed E-state index contributed by atoms with van der Waals surface area (Å²) < 4.78 is 0. The first kappa shape index (κ1) is 20.4. The molecule has 22 heavy (non-hydrogen) atoms. The van der Waals surface area contributed by atoms with Crippen molar-refractivity contribution in [2.24, 2.45) is 5.73 Å². The monoisotopic (exact) mass is 344 g/mol. The van der Waals surface area contributed by atoms with Gasteiger partial charge in [0.2, 0.25) is 0 Å². The van der Waals surface area contributed by atoms with Gasteiger partial charge in [-0.05, 0) is 43.5 Å². The molecule has 1 aromatic heterocycles. The van der Waals surface area contributed by atoms with E-state index in [0.717, 1.165) is 23.4 Å². The van der Waals surface area contributed by atoms with Gasteiger partial charge in [0.15, 0.2) is 0 Å². The third-order valence-electron chi connectivity index (χ3n) is 3.39. The number of nitrogens with two attached hydrogens (primary N) is 1. The molecule has 0 radical (unpaired) electrons. The number of hydrogen-bond donors (Lipinski definition) is 3. The number of aryl methyl sites for hydroxylation is 2. The Morgan fingerprint density at radius 2 is 1.86 bits per heavy atom. The maximum Gasteiger partial charge on any atom is 0.251 e. The number of amides is 1. The Morgan fingerprint density at radius 1 is 1.23 bits per heavy atom. The van der Waals surface area contributed by atoms with Crippen molar-refractivity contribution in [3.63, 3.8) is 0 Å². The number of halogens is 2. The summed E-state index contributed by atoms with van der Waals surface area (Å²) in [6, 6.07) is 7.34. The van der Waals surface area contributed by atoms with Gasteiger partial charge in [-0.1, -0.05) is 12.1 Å². The Hall–Kier alpha value is -1.56. The fourth-order valence-electron chi connectivity index (χ4n) is 2.14. The highest BCUT2D eigenvalue weighted by molar-refractivity contribution is 5.94. The molecule has 4 N–H and O–H groups in total. The molecule has 0 aliphatic rings. The topological polar surface area (TPSA) is 83.8 Å². The van der Waals surface area contributed by atoms with Crippen molar-refractivity contribution < 1.29 is 4.79 Å². The highest BCUT2D eigenvalue weighted by Gasteiger charge is 2.08. The van der Waals surface area contributed by atoms with Crippen molar-refractivity contribution in [1.82, 2.24) is 15.5 Å². The van der Waals surface area contributed by atoms with Crippen molar-refractivity contribution >= 4 is 30.7 Å². The van der Waals surface area contributed by atoms with E-state index in [1.165, 1.54) is 5.56 Å². The van der Waals surface area contributed by atoms with Crippen LogP contribution in [0, 0.1) is 13.8 Å². The molecule has 2 aromatic rings. The molecule has 0 unspecified atom stereocenters. The van der Waals surface area contributed by atoms with E-state index in [-0.39, 0.29) is 30.7 Å². The molecular formula is C15H22Cl2N4O. The second-order valence-corrected chi connectivity index (χ2v) is 4.82. The molecular weight excluding hydrogens is 323 g/mol. The average Bonchev–Trinajstić information content (AvgIpc) is 2.79. The van der Waals surface area contributed by atoms with Crippen LogP contribution in [0.5, 0.6) is 0 Å². The standard InChI is InChI=1S/C15H20N4O.2ClH/c1-10-14(11(2)19-18-10)7-8-17-15(20)13-5-3-12(9-16)4-6-13;;/h3-6H,7-9,16H2,1-2H3,(H,17,20)(H,18,19);2*1H. The Morgan fingerprint density at radius 3 is 2.36 bits per heavy atom. The fourth-order valence-corrected chi connectivity index (χ4v) is 2.14. The first-order valence-electron chi connectivity index (χ1n) is 6.69. The van der Waals surface area contributed by atoms with Gasteiger partial charge in [0.25, 0.3) is 5.91 Å². The third kappa shape index (κ3) is 5.02. The predicted octanol–water partition coefficient (Wildman–Crippen LogP) is 2.30. The minimum atomic E-state index is -0.0626. The molecule has 0 bridgehead atoms. The minimum absolute atomic E-state index is 0. The molecule has 122 valence electrons. The van der Waals surface area contributed by atoms with Gasteiger partial charge in [-0.3, -0.25) is 9.89 Å². The molecule has 0 aliphatic heterocycles. The Bertz CT molecular complexity index is 577. The first-order valence-corrected chi connectivity index (χ1v) is 6.69. The van der Waals surface area contributed by atoms with Crippen molar-refractivity contribution in [3.8, 4) is 0 Å². The maximum atomic E-state index is 12.0. The van der Waals surface area contributed by atoms with Crippen LogP contribution >= 0.6 is 24.8 Å². The highest BCUT2D eigenvalue weighted by atomic mass is 35.5. The van der Waals surface area contributed by atoms with Gasteiger partial charge in [0.1, 0.15) is 0 Å². The number of carbonyl (C=O) groups excluding carboxylic acids is 1. The summed E-state index contributed by atoms with van der Waals surface area (Å²) in [4.78, 5) is 12.0. The third-order valence-corrected chi connectivity index (χ3v) is 3.39. The summed E-state index contributed by atoms with van der Waals surface area (Å²) in [5.74, 6) is -0.0626. The van der Waals surface area contributed by atoms with Crippen LogP contribution in [-0.4, -0.2) is 22.6 Å². The number of hydrogen-bond acceptors (Lipinski definition) is 3. The lowest BCUT2D eigenvalue weighted by Gasteiger charge is -2.06. The molecule has 0 fully saturated rings. The van der Waals surface area contributed by atoms with Crippen LogP contribution in [0.1, 0.15) is 32.9 Å². The number of nitrogens with zero attached hydrogens (tertiary/aromatic N) is 1. The van der Waals surface area contributed by atoms with Gasteiger partial charge in [-0.25, -0.2) is 0 Å².